The number of hydrogen-bond acceptors (Lipinski definition) is 5. The minimum atomic E-state index is -0.783. The van der Waals surface area contributed by atoms with Crippen molar-refractivity contribution in [1.29, 1.82) is 0 Å². The number of aliphatic hydroxyl groups excluding tert-OH is 1. The van der Waals surface area contributed by atoms with Gasteiger partial charge in [0.15, 0.2) is 0 Å². The average molecular weight is 289 g/mol. The molecule has 0 saturated carbocycles. The number of aliphatic hydroxyl groups is 1. The summed E-state index contributed by atoms with van der Waals surface area (Å²) in [5, 5.41) is 20.6. The molecule has 0 spiro atoms. The van der Waals surface area contributed by atoms with E-state index in [-0.39, 0.29) is 11.4 Å². The van der Waals surface area contributed by atoms with Crippen molar-refractivity contribution >= 4 is 5.69 Å². The molecule has 1 N–H and O–H groups in total. The lowest BCUT2D eigenvalue weighted by Gasteiger charge is -2.10. The minimum Gasteiger partial charge on any atom is -0.497 e. The summed E-state index contributed by atoms with van der Waals surface area (Å²) in [5.74, 6) is 1.13. The standard InChI is InChI=1S/C15H15NO5/c1-10(17)11-6-7-15(14(8-11)16(18)19)21-13-5-3-4-12(9-13)20-2/h3-10,17H,1-2H3. The van der Waals surface area contributed by atoms with Gasteiger partial charge in [0.1, 0.15) is 11.5 Å². The second-order valence-corrected chi connectivity index (χ2v) is 4.44. The molecule has 0 fully saturated rings. The van der Waals surface area contributed by atoms with Crippen molar-refractivity contribution in [2.75, 3.05) is 7.11 Å². The second-order valence-electron chi connectivity index (χ2n) is 4.44. The van der Waals surface area contributed by atoms with E-state index in [1.807, 2.05) is 0 Å². The van der Waals surface area contributed by atoms with E-state index in [0.717, 1.165) is 0 Å². The van der Waals surface area contributed by atoms with Crippen molar-refractivity contribution in [3.63, 3.8) is 0 Å². The van der Waals surface area contributed by atoms with Crippen molar-refractivity contribution in [2.45, 2.75) is 13.0 Å². The summed E-state index contributed by atoms with van der Waals surface area (Å²) in [6.45, 7) is 1.54. The first-order valence-electron chi connectivity index (χ1n) is 6.29. The van der Waals surface area contributed by atoms with Gasteiger partial charge in [-0.3, -0.25) is 10.1 Å². The van der Waals surface area contributed by atoms with Crippen LogP contribution in [-0.4, -0.2) is 17.1 Å². The van der Waals surface area contributed by atoms with Crippen LogP contribution >= 0.6 is 0 Å². The van der Waals surface area contributed by atoms with E-state index >= 15 is 0 Å². The van der Waals surface area contributed by atoms with Crippen LogP contribution in [0.5, 0.6) is 17.2 Å². The van der Waals surface area contributed by atoms with Gasteiger partial charge in [-0.15, -0.1) is 0 Å². The van der Waals surface area contributed by atoms with Crippen molar-refractivity contribution in [3.8, 4) is 17.2 Å². The summed E-state index contributed by atoms with van der Waals surface area (Å²) < 4.78 is 10.6. The first kappa shape index (κ1) is 14.8. The Morgan fingerprint density at radius 3 is 2.52 bits per heavy atom. The SMILES string of the molecule is COc1cccc(Oc2ccc(C(C)O)cc2[N+](=O)[O-])c1. The third-order valence-corrected chi connectivity index (χ3v) is 2.93. The van der Waals surface area contributed by atoms with Crippen molar-refractivity contribution < 1.29 is 19.5 Å². The molecule has 0 aliphatic heterocycles. The Morgan fingerprint density at radius 1 is 1.19 bits per heavy atom. The highest BCUT2D eigenvalue weighted by molar-refractivity contribution is 5.51. The number of nitro groups is 1. The van der Waals surface area contributed by atoms with Crippen LogP contribution in [0.3, 0.4) is 0 Å². The summed E-state index contributed by atoms with van der Waals surface area (Å²) in [5.41, 5.74) is 0.260. The number of hydrogen-bond donors (Lipinski definition) is 1. The quantitative estimate of drug-likeness (QED) is 0.673. The summed E-state index contributed by atoms with van der Waals surface area (Å²) in [4.78, 5) is 10.6. The van der Waals surface area contributed by atoms with Gasteiger partial charge in [-0.25, -0.2) is 0 Å². The predicted molar refractivity (Wildman–Crippen MR) is 76.8 cm³/mol. The third-order valence-electron chi connectivity index (χ3n) is 2.93. The molecule has 2 aromatic rings. The molecular weight excluding hydrogens is 274 g/mol. The molecule has 6 heteroatoms. The highest BCUT2D eigenvalue weighted by Gasteiger charge is 2.18. The van der Waals surface area contributed by atoms with E-state index in [4.69, 9.17) is 9.47 Å². The Hall–Kier alpha value is -2.60. The third kappa shape index (κ3) is 3.49. The zero-order valence-electron chi connectivity index (χ0n) is 11.6. The van der Waals surface area contributed by atoms with Crippen molar-refractivity contribution in [3.05, 3.63) is 58.1 Å². The lowest BCUT2D eigenvalue weighted by atomic mass is 10.1. The lowest BCUT2D eigenvalue weighted by molar-refractivity contribution is -0.385. The van der Waals surface area contributed by atoms with Crippen LogP contribution in [0.15, 0.2) is 42.5 Å². The zero-order valence-corrected chi connectivity index (χ0v) is 11.6. The van der Waals surface area contributed by atoms with Gasteiger partial charge in [-0.05, 0) is 30.7 Å². The average Bonchev–Trinajstić information content (AvgIpc) is 2.47. The molecular formula is C15H15NO5. The van der Waals surface area contributed by atoms with E-state index < -0.39 is 11.0 Å². The molecule has 0 aliphatic carbocycles. The maximum absolute atomic E-state index is 11.1. The van der Waals surface area contributed by atoms with Crippen LogP contribution in [0.1, 0.15) is 18.6 Å². The Balaban J connectivity index is 2.36. The predicted octanol–water partition coefficient (Wildman–Crippen LogP) is 3.45. The van der Waals surface area contributed by atoms with E-state index in [2.05, 4.69) is 0 Å². The Kier molecular flexibility index (Phi) is 4.39. The van der Waals surface area contributed by atoms with Gasteiger partial charge in [0, 0.05) is 12.1 Å². The molecule has 0 radical (unpaired) electrons. The van der Waals surface area contributed by atoms with E-state index in [1.54, 1.807) is 37.3 Å². The maximum atomic E-state index is 11.1. The number of benzene rings is 2. The van der Waals surface area contributed by atoms with E-state index in [0.29, 0.717) is 17.1 Å². The van der Waals surface area contributed by atoms with Gasteiger partial charge in [-0.1, -0.05) is 12.1 Å². The monoisotopic (exact) mass is 289 g/mol. The Morgan fingerprint density at radius 2 is 1.90 bits per heavy atom. The molecule has 6 nitrogen and oxygen atoms in total. The summed E-state index contributed by atoms with van der Waals surface area (Å²) in [6, 6.07) is 11.1. The Labute approximate surface area is 121 Å². The molecule has 21 heavy (non-hydrogen) atoms. The van der Waals surface area contributed by atoms with Gasteiger partial charge >= 0.3 is 5.69 Å². The molecule has 1 unspecified atom stereocenters. The zero-order chi connectivity index (χ0) is 15.4. The minimum absolute atomic E-state index is 0.109. The van der Waals surface area contributed by atoms with Crippen LogP contribution in [0.2, 0.25) is 0 Å². The Bertz CT molecular complexity index is 654. The molecule has 0 aliphatic rings. The molecule has 2 aromatic carbocycles. The van der Waals surface area contributed by atoms with E-state index in [1.165, 1.54) is 19.2 Å². The van der Waals surface area contributed by atoms with Crippen LogP contribution in [0.25, 0.3) is 0 Å². The van der Waals surface area contributed by atoms with Gasteiger partial charge in [-0.2, -0.15) is 0 Å². The number of ether oxygens (including phenoxy) is 2. The summed E-state index contributed by atoms with van der Waals surface area (Å²) >= 11 is 0. The van der Waals surface area contributed by atoms with Crippen LogP contribution < -0.4 is 9.47 Å². The first-order chi connectivity index (χ1) is 10.0. The highest BCUT2D eigenvalue weighted by Crippen LogP contribution is 2.34. The summed E-state index contributed by atoms with van der Waals surface area (Å²) in [7, 11) is 1.53. The number of methoxy groups -OCH3 is 1. The molecule has 0 amide bonds. The second kappa shape index (κ2) is 6.23. The van der Waals surface area contributed by atoms with Crippen LogP contribution in [0.4, 0.5) is 5.69 Å². The molecule has 0 bridgehead atoms. The topological polar surface area (TPSA) is 81.8 Å². The fourth-order valence-electron chi connectivity index (χ4n) is 1.81. The van der Waals surface area contributed by atoms with Crippen molar-refractivity contribution in [1.82, 2.24) is 0 Å². The lowest BCUT2D eigenvalue weighted by Crippen LogP contribution is -1.97. The molecule has 1 atom stereocenters. The first-order valence-corrected chi connectivity index (χ1v) is 6.29. The number of rotatable bonds is 5. The largest absolute Gasteiger partial charge is 0.497 e. The molecule has 0 aromatic heterocycles. The smallest absolute Gasteiger partial charge is 0.311 e. The fraction of sp³-hybridized carbons (Fsp3) is 0.200. The number of nitrogens with zero attached hydrogens (tertiary/aromatic N) is 1. The maximum Gasteiger partial charge on any atom is 0.311 e. The normalized spacial score (nSPS) is 11.8. The van der Waals surface area contributed by atoms with Gasteiger partial charge < -0.3 is 14.6 Å². The molecule has 0 heterocycles. The van der Waals surface area contributed by atoms with Gasteiger partial charge in [0.25, 0.3) is 0 Å². The summed E-state index contributed by atoms with van der Waals surface area (Å²) in [6.07, 6.45) is -0.783. The molecule has 2 rings (SSSR count). The van der Waals surface area contributed by atoms with E-state index in [9.17, 15) is 15.2 Å². The van der Waals surface area contributed by atoms with Crippen LogP contribution in [-0.2, 0) is 0 Å². The fourth-order valence-corrected chi connectivity index (χ4v) is 1.81. The van der Waals surface area contributed by atoms with Crippen LogP contribution in [0, 0.1) is 10.1 Å². The van der Waals surface area contributed by atoms with Crippen molar-refractivity contribution in [2.24, 2.45) is 0 Å². The van der Waals surface area contributed by atoms with Gasteiger partial charge in [0.2, 0.25) is 5.75 Å². The highest BCUT2D eigenvalue weighted by atomic mass is 16.6. The van der Waals surface area contributed by atoms with Gasteiger partial charge in [0.05, 0.1) is 18.1 Å². The molecule has 110 valence electrons. The number of nitro benzene ring substituents is 1. The molecule has 0 saturated heterocycles.